The summed E-state index contributed by atoms with van der Waals surface area (Å²) in [7, 11) is 0. The number of carbonyl (C=O) groups is 1. The van der Waals surface area contributed by atoms with Gasteiger partial charge in [-0.1, -0.05) is 339 Å². The highest BCUT2D eigenvalue weighted by molar-refractivity contribution is 5.80. The molecule has 0 radical (unpaired) electrons. The fourth-order valence-corrected chi connectivity index (χ4v) is 11.0. The Hall–Kier alpha value is -1.73. The Balaban J connectivity index is 3.58. The zero-order valence-electron chi connectivity index (χ0n) is 52.4. The van der Waals surface area contributed by atoms with Crippen LogP contribution in [-0.4, -0.2) is 57.3 Å². The lowest BCUT2D eigenvalue weighted by Gasteiger charge is -2.27. The van der Waals surface area contributed by atoms with Crippen molar-refractivity contribution in [3.63, 3.8) is 0 Å². The van der Waals surface area contributed by atoms with Crippen molar-refractivity contribution in [1.82, 2.24) is 5.32 Å². The molecule has 0 aromatic carbocycles. The molecule has 6 heteroatoms. The lowest BCUT2D eigenvalue weighted by molar-refractivity contribution is -0.132. The average molecular weight is 1100 g/mol. The molecule has 0 saturated carbocycles. The van der Waals surface area contributed by atoms with Gasteiger partial charge in [0, 0.05) is 0 Å². The van der Waals surface area contributed by atoms with Gasteiger partial charge in [0.05, 0.1) is 18.8 Å². The van der Waals surface area contributed by atoms with Gasteiger partial charge in [-0.05, 0) is 83.5 Å². The Labute approximate surface area is 487 Å². The first kappa shape index (κ1) is 76.3. The Morgan fingerprint density at radius 2 is 0.577 bits per heavy atom. The van der Waals surface area contributed by atoms with Crippen LogP contribution in [0.4, 0.5) is 0 Å². The van der Waals surface area contributed by atoms with Gasteiger partial charge in [-0.25, -0.2) is 0 Å². The highest BCUT2D eigenvalue weighted by atomic mass is 16.3. The molecule has 0 fully saturated rings. The molecule has 460 valence electrons. The van der Waals surface area contributed by atoms with Crippen molar-refractivity contribution >= 4 is 5.91 Å². The standard InChI is InChI=1S/C72H137NO5/c1-3-5-7-9-11-13-15-17-19-21-23-25-27-29-30-31-32-33-34-35-36-37-38-39-40-41-42-44-46-48-50-52-54-56-58-60-62-64-66-70(76)72(78)73-68(67-74)71(77)69(75)65-63-61-59-57-55-53-51-49-47-45-43-28-26-24-22-20-18-16-14-12-10-8-6-4-2/h32-33,35-36,49,51,57,59,68-71,74-77H,3-31,34,37-48,50,52-56,58,60-67H2,1-2H3,(H,73,78)/b33-32-,36-35-,51-49+,59-57+. The summed E-state index contributed by atoms with van der Waals surface area (Å²) >= 11 is 0. The van der Waals surface area contributed by atoms with E-state index in [0.717, 1.165) is 44.9 Å². The number of unbranched alkanes of at least 4 members (excludes halogenated alkanes) is 48. The molecule has 78 heavy (non-hydrogen) atoms. The summed E-state index contributed by atoms with van der Waals surface area (Å²) in [6.07, 6.45) is 86.7. The minimum atomic E-state index is -1.29. The van der Waals surface area contributed by atoms with E-state index in [-0.39, 0.29) is 0 Å². The summed E-state index contributed by atoms with van der Waals surface area (Å²) in [6.45, 7) is 4.09. The second-order valence-corrected chi connectivity index (χ2v) is 24.2. The number of rotatable bonds is 65. The van der Waals surface area contributed by atoms with Crippen LogP contribution in [0.3, 0.4) is 0 Å². The van der Waals surface area contributed by atoms with Crippen LogP contribution in [0.15, 0.2) is 48.6 Å². The van der Waals surface area contributed by atoms with Gasteiger partial charge in [0.2, 0.25) is 5.91 Å². The SMILES string of the molecule is CCCCCCCCCCCCCCCCC/C=C\C/C=C\CCCCCCCCCCCCCCCCCCC(O)C(=O)NC(CO)C(O)C(O)CCC/C=C/CC/C=C/CCCCCCCCCCCCCCCCC. The smallest absolute Gasteiger partial charge is 0.249 e. The number of aliphatic hydroxyl groups excluding tert-OH is 4. The molecule has 0 spiro atoms. The largest absolute Gasteiger partial charge is 0.394 e. The second-order valence-electron chi connectivity index (χ2n) is 24.2. The molecular weight excluding hydrogens is 959 g/mol. The molecule has 0 aromatic rings. The van der Waals surface area contributed by atoms with Gasteiger partial charge in [0.15, 0.2) is 0 Å². The maximum absolute atomic E-state index is 12.7. The van der Waals surface area contributed by atoms with Crippen LogP contribution in [-0.2, 0) is 4.79 Å². The summed E-state index contributed by atoms with van der Waals surface area (Å²) in [5.74, 6) is -0.593. The van der Waals surface area contributed by atoms with E-state index in [9.17, 15) is 25.2 Å². The highest BCUT2D eigenvalue weighted by Gasteiger charge is 2.28. The fraction of sp³-hybridized carbons (Fsp3) is 0.875. The first-order valence-corrected chi connectivity index (χ1v) is 35.0. The van der Waals surface area contributed by atoms with Gasteiger partial charge in [0.25, 0.3) is 0 Å². The van der Waals surface area contributed by atoms with Crippen molar-refractivity contribution in [1.29, 1.82) is 0 Å². The third-order valence-electron chi connectivity index (χ3n) is 16.5. The van der Waals surface area contributed by atoms with Gasteiger partial charge in [-0.2, -0.15) is 0 Å². The van der Waals surface area contributed by atoms with Crippen LogP contribution in [0.5, 0.6) is 0 Å². The van der Waals surface area contributed by atoms with Gasteiger partial charge in [-0.15, -0.1) is 0 Å². The van der Waals surface area contributed by atoms with E-state index in [1.54, 1.807) is 0 Å². The molecule has 0 aromatic heterocycles. The number of nitrogens with one attached hydrogen (secondary N) is 1. The monoisotopic (exact) mass is 1100 g/mol. The molecule has 5 N–H and O–H groups in total. The molecule has 0 heterocycles. The Bertz CT molecular complexity index is 1280. The van der Waals surface area contributed by atoms with Crippen molar-refractivity contribution in [3.8, 4) is 0 Å². The third kappa shape index (κ3) is 58.9. The van der Waals surface area contributed by atoms with Crippen molar-refractivity contribution in [2.45, 2.75) is 398 Å². The molecule has 6 nitrogen and oxygen atoms in total. The average Bonchev–Trinajstić information content (AvgIpc) is 3.45. The lowest BCUT2D eigenvalue weighted by atomic mass is 10.00. The zero-order chi connectivity index (χ0) is 56.6. The van der Waals surface area contributed by atoms with Gasteiger partial charge >= 0.3 is 0 Å². The lowest BCUT2D eigenvalue weighted by Crippen LogP contribution is -2.53. The molecular formula is C72H137NO5. The molecule has 4 atom stereocenters. The molecule has 4 unspecified atom stereocenters. The Kier molecular flexibility index (Phi) is 64.6. The molecule has 0 aliphatic rings. The third-order valence-corrected chi connectivity index (χ3v) is 16.5. The minimum Gasteiger partial charge on any atom is -0.394 e. The maximum Gasteiger partial charge on any atom is 0.249 e. The predicted molar refractivity (Wildman–Crippen MR) is 343 cm³/mol. The summed E-state index contributed by atoms with van der Waals surface area (Å²) in [5.41, 5.74) is 0. The summed E-state index contributed by atoms with van der Waals surface area (Å²) < 4.78 is 0. The summed E-state index contributed by atoms with van der Waals surface area (Å²) in [6, 6.07) is -1.01. The summed E-state index contributed by atoms with van der Waals surface area (Å²) in [5, 5.41) is 44.1. The first-order chi connectivity index (χ1) is 38.5. The van der Waals surface area contributed by atoms with Crippen LogP contribution < -0.4 is 5.32 Å². The van der Waals surface area contributed by atoms with E-state index in [1.807, 2.05) is 0 Å². The van der Waals surface area contributed by atoms with Crippen molar-refractivity contribution in [2.24, 2.45) is 0 Å². The molecule has 0 aliphatic heterocycles. The number of hydrogen-bond acceptors (Lipinski definition) is 5. The van der Waals surface area contributed by atoms with Gasteiger partial charge < -0.3 is 25.7 Å². The molecule has 0 bridgehead atoms. The number of amides is 1. The number of allylic oxidation sites excluding steroid dienone is 8. The van der Waals surface area contributed by atoms with Crippen LogP contribution in [0, 0.1) is 0 Å². The molecule has 0 rings (SSSR count). The van der Waals surface area contributed by atoms with Crippen LogP contribution in [0.25, 0.3) is 0 Å². The van der Waals surface area contributed by atoms with Crippen LogP contribution in [0.2, 0.25) is 0 Å². The van der Waals surface area contributed by atoms with E-state index in [0.29, 0.717) is 19.3 Å². The van der Waals surface area contributed by atoms with Gasteiger partial charge in [0.1, 0.15) is 12.2 Å². The normalized spacial score (nSPS) is 13.8. The van der Waals surface area contributed by atoms with E-state index in [4.69, 9.17) is 0 Å². The Morgan fingerprint density at radius 1 is 0.321 bits per heavy atom. The first-order valence-electron chi connectivity index (χ1n) is 35.0. The quantitative estimate of drug-likeness (QED) is 0.0308. The zero-order valence-corrected chi connectivity index (χ0v) is 52.4. The second kappa shape index (κ2) is 66.1. The van der Waals surface area contributed by atoms with E-state index < -0.39 is 36.9 Å². The number of carbonyl (C=O) groups excluding carboxylic acids is 1. The van der Waals surface area contributed by atoms with Crippen molar-refractivity contribution in [2.75, 3.05) is 6.61 Å². The van der Waals surface area contributed by atoms with Crippen LogP contribution in [0.1, 0.15) is 373 Å². The summed E-state index contributed by atoms with van der Waals surface area (Å²) in [4.78, 5) is 12.7. The minimum absolute atomic E-state index is 0.360. The van der Waals surface area contributed by atoms with Crippen molar-refractivity contribution in [3.05, 3.63) is 48.6 Å². The predicted octanol–water partition coefficient (Wildman–Crippen LogP) is 21.7. The fourth-order valence-electron chi connectivity index (χ4n) is 11.0. The molecule has 0 aliphatic carbocycles. The van der Waals surface area contributed by atoms with E-state index >= 15 is 0 Å². The Morgan fingerprint density at radius 3 is 0.885 bits per heavy atom. The van der Waals surface area contributed by atoms with Gasteiger partial charge in [-0.3, -0.25) is 4.79 Å². The molecule has 0 saturated heterocycles. The number of aliphatic hydroxyl groups is 4. The topological polar surface area (TPSA) is 110 Å². The maximum atomic E-state index is 12.7. The van der Waals surface area contributed by atoms with Crippen molar-refractivity contribution < 1.29 is 25.2 Å². The molecule has 1 amide bonds. The van der Waals surface area contributed by atoms with E-state index in [2.05, 4.69) is 67.8 Å². The highest BCUT2D eigenvalue weighted by Crippen LogP contribution is 2.19. The number of hydrogen-bond donors (Lipinski definition) is 5. The van der Waals surface area contributed by atoms with E-state index in [1.165, 1.54) is 295 Å². The van der Waals surface area contributed by atoms with Crippen LogP contribution >= 0.6 is 0 Å².